The van der Waals surface area contributed by atoms with Gasteiger partial charge in [0, 0.05) is 114 Å². The molecule has 3 aliphatic rings. The molecule has 3 fully saturated rings. The number of fused-ring (bicyclic) bond motifs is 2. The second kappa shape index (κ2) is 61.1. The molecule has 0 spiro atoms. The Kier molecular flexibility index (Phi) is 51.0. The number of aliphatic carboxylic acids is 3. The number of carbonyl (C=O) groups excluding carboxylic acids is 19. The van der Waals surface area contributed by atoms with Crippen LogP contribution >= 0.6 is 47.0 Å². The van der Waals surface area contributed by atoms with Crippen LogP contribution < -0.4 is 95.7 Å². The van der Waals surface area contributed by atoms with Gasteiger partial charge in [0.2, 0.25) is 100 Å². The molecule has 8 rings (SSSR count). The van der Waals surface area contributed by atoms with Gasteiger partial charge in [0.25, 0.3) is 0 Å². The van der Waals surface area contributed by atoms with Gasteiger partial charge >= 0.3 is 17.9 Å². The average molecular weight is 2160 g/mol. The molecule has 24 N–H and O–H groups in total. The molecule has 0 bridgehead atoms. The summed E-state index contributed by atoms with van der Waals surface area (Å²) in [6.07, 6.45) is 6.67. The summed E-state index contributed by atoms with van der Waals surface area (Å²) in [5.41, 5.74) is 0.414. The van der Waals surface area contributed by atoms with E-state index in [0.717, 1.165) is 64.2 Å². The Morgan fingerprint density at radius 3 is 1.52 bits per heavy atom. The third kappa shape index (κ3) is 40.3. The van der Waals surface area contributed by atoms with E-state index in [1.54, 1.807) is 44.3 Å². The minimum Gasteiger partial charge on any atom is -0.481 e. The van der Waals surface area contributed by atoms with Crippen molar-refractivity contribution in [3.05, 3.63) is 108 Å². The van der Waals surface area contributed by atoms with Crippen molar-refractivity contribution in [1.29, 1.82) is 0 Å². The van der Waals surface area contributed by atoms with Gasteiger partial charge in [0.15, 0.2) is 11.6 Å². The molecule has 3 aliphatic heterocycles. The number of ketones is 2. The molecule has 5 heterocycles. The molecule has 17 amide bonds. The number of para-hydroxylation sites is 2. The molecule has 50 heteroatoms. The zero-order chi connectivity index (χ0) is 111. The lowest BCUT2D eigenvalue weighted by Gasteiger charge is -2.33. The van der Waals surface area contributed by atoms with Gasteiger partial charge in [-0.05, 0) is 134 Å². The first-order valence-corrected chi connectivity index (χ1v) is 54.1. The molecule has 0 aliphatic carbocycles. The lowest BCUT2D eigenvalue weighted by molar-refractivity contribution is -0.141. The molecule has 5 aromatic rings. The van der Waals surface area contributed by atoms with E-state index in [-0.39, 0.29) is 91.5 Å². The number of carbonyl (C=O) groups is 22. The van der Waals surface area contributed by atoms with Gasteiger partial charge in [-0.1, -0.05) is 108 Å². The molecule has 0 radical (unpaired) electrons. The fourth-order valence-electron chi connectivity index (χ4n) is 16.0. The van der Waals surface area contributed by atoms with Crippen LogP contribution in [0.4, 0.5) is 0 Å². The number of hydrogen-bond acceptors (Lipinski definition) is 28. The second-order valence-corrected chi connectivity index (χ2v) is 41.7. The fourth-order valence-corrected chi connectivity index (χ4v) is 18.7. The summed E-state index contributed by atoms with van der Waals surface area (Å²) in [7, 11) is 1.69. The molecule has 818 valence electrons. The minimum atomic E-state index is -1.76. The Morgan fingerprint density at radius 2 is 0.980 bits per heavy atom. The number of hydrogen-bond donors (Lipinski definition) is 24. The number of thioether (sulfide) groups is 4. The number of Topliss-reactive ketones (excluding diaryl/α,β-unsaturated/α-hetero) is 2. The summed E-state index contributed by atoms with van der Waals surface area (Å²) in [4.78, 5) is 295. The summed E-state index contributed by atoms with van der Waals surface area (Å²) < 4.78 is 0. The van der Waals surface area contributed by atoms with Crippen molar-refractivity contribution >= 4 is 199 Å². The highest BCUT2D eigenvalue weighted by Gasteiger charge is 2.46. The van der Waals surface area contributed by atoms with E-state index in [1.165, 1.54) is 58.1 Å². The van der Waals surface area contributed by atoms with Gasteiger partial charge in [0.1, 0.15) is 84.6 Å². The highest BCUT2D eigenvalue weighted by Crippen LogP contribution is 2.26. The number of aliphatic hydroxyl groups excluding tert-OH is 1. The van der Waals surface area contributed by atoms with Crippen LogP contribution in [0.3, 0.4) is 0 Å². The zero-order valence-electron chi connectivity index (χ0n) is 86.1. The van der Waals surface area contributed by atoms with E-state index in [9.17, 15) is 126 Å². The molecule has 46 nitrogen and oxygen atoms in total. The molecule has 0 saturated carbocycles. The van der Waals surface area contributed by atoms with Crippen molar-refractivity contribution in [3.8, 4) is 0 Å². The van der Waals surface area contributed by atoms with Gasteiger partial charge < -0.3 is 126 Å². The normalized spacial score (nSPS) is 22.3. The number of likely N-dealkylation sites (N-methyl/N-ethyl adjacent to an activating group) is 1. The van der Waals surface area contributed by atoms with Gasteiger partial charge in [-0.15, -0.1) is 0 Å². The Morgan fingerprint density at radius 1 is 0.490 bits per heavy atom. The summed E-state index contributed by atoms with van der Waals surface area (Å²) in [6.45, 7) is 16.9. The number of unbranched alkanes of at least 4 members (excludes halogenated alkanes) is 1. The number of rotatable bonds is 42. The summed E-state index contributed by atoms with van der Waals surface area (Å²) in [5, 5.41) is 86.9. The van der Waals surface area contributed by atoms with E-state index in [1.807, 2.05) is 107 Å². The number of carboxylic acid groups (broad SMARTS) is 3. The fraction of sp³-hybridized carbons (Fsp3) is 0.556. The topological polar surface area (TPSA) is 705 Å². The van der Waals surface area contributed by atoms with Crippen molar-refractivity contribution in [3.63, 3.8) is 0 Å². The standard InChI is InChI=1S/C45H64N10O13S2.C27H35N5O7.C27H43N5O6S2/c1-22(2)15-29-39(63)50-30(16-25-18-46-27-10-8-7-9-26(25)27)40(64)49-28(11-12-36(60)61)38(62)53-33(21-70-14-13-34(58)48-29)43(67)52-32(20-69-6)42(66)51-31-17-45(5,24(4)57)55-35(59)19-47-44(68)37(23(3)56)54-41(31)65;1-4-5-10-22(34)29-21-13-27(3,15(2)33)32-26(39)19(11-16-14-28-18-9-7-6-8-17(16)18)30-24(37)20(12-23(35)36)31-25(21)38;1-16(2)12-19(28-4)24(34)30-20(13-18-10-8-7-9-11-18)25(35)29-17(3)23(33)31-21(14-39-5)26(36)32-22(15-40-6)27(37)38/h7-10,18,22-23,28-33,37,46,56H,11-17,19-21H2,1-6H3,(H,47,68)(H,48,58)(H,49,64)(H,50,63)(H,51,66)(H,52,67)(H,53,62)(H,54,65)(H,55,59)(H,60,61);6-9,14,19-21,28H,4-5,10-13H2,1-3H3,(H,29,34)(H,30,37)(H,31,38)(H,32,39)(H,35,36);7-11,16-17,19-22,28H,12-15H2,1-6H3,(H,29,35)(H,30,34)(H,31,33)(H,32,36)(H,37,38)/t23-,28+,29+,30+,31+,32-,33+,37+,45+;19-,20-,21-,27-;17-,19-,20-,21-,22-/m100/s1. The van der Waals surface area contributed by atoms with E-state index in [0.29, 0.717) is 24.0 Å². The predicted molar refractivity (Wildman–Crippen MR) is 560 cm³/mol. The average Bonchev–Trinajstić information content (AvgIpc) is 1.70. The maximum atomic E-state index is 14.3. The smallest absolute Gasteiger partial charge is 0.327 e. The van der Waals surface area contributed by atoms with Gasteiger partial charge in [-0.2, -0.15) is 47.0 Å². The van der Waals surface area contributed by atoms with Crippen LogP contribution in [0.1, 0.15) is 163 Å². The van der Waals surface area contributed by atoms with Crippen molar-refractivity contribution in [2.24, 2.45) is 11.8 Å². The lowest BCUT2D eigenvalue weighted by atomic mass is 9.87. The highest BCUT2D eigenvalue weighted by atomic mass is 32.2. The molecule has 18 atom stereocenters. The highest BCUT2D eigenvalue weighted by molar-refractivity contribution is 7.99. The van der Waals surface area contributed by atoms with E-state index < -0.39 is 264 Å². The zero-order valence-corrected chi connectivity index (χ0v) is 89.4. The molecule has 3 saturated heterocycles. The number of benzene rings is 3. The maximum absolute atomic E-state index is 14.3. The predicted octanol–water partition coefficient (Wildman–Crippen LogP) is -0.790. The summed E-state index contributed by atoms with van der Waals surface area (Å²) >= 11 is 4.76. The van der Waals surface area contributed by atoms with Crippen LogP contribution in [-0.4, -0.2) is 329 Å². The largest absolute Gasteiger partial charge is 0.481 e. The Bertz CT molecular complexity index is 5560. The van der Waals surface area contributed by atoms with E-state index in [2.05, 4.69) is 106 Å². The third-order valence-corrected chi connectivity index (χ3v) is 27.6. The van der Waals surface area contributed by atoms with Crippen LogP contribution in [0.2, 0.25) is 0 Å². The Balaban J connectivity index is 0.000000366. The number of H-pyrrole nitrogens is 2. The van der Waals surface area contributed by atoms with Crippen LogP contribution in [-0.2, 0) is 125 Å². The van der Waals surface area contributed by atoms with Gasteiger partial charge in [0.05, 0.1) is 36.2 Å². The van der Waals surface area contributed by atoms with Crippen LogP contribution in [0.25, 0.3) is 21.8 Å². The first-order chi connectivity index (χ1) is 70.4. The van der Waals surface area contributed by atoms with E-state index >= 15 is 0 Å². The molecule has 0 unspecified atom stereocenters. The molecule has 2 aromatic heterocycles. The van der Waals surface area contributed by atoms with Crippen molar-refractivity contribution in [2.75, 3.05) is 61.1 Å². The van der Waals surface area contributed by atoms with Crippen LogP contribution in [0.15, 0.2) is 91.3 Å². The monoisotopic (exact) mass is 2150 g/mol. The van der Waals surface area contributed by atoms with Crippen molar-refractivity contribution in [1.82, 2.24) is 106 Å². The molecule has 149 heavy (non-hydrogen) atoms. The second-order valence-electron chi connectivity index (χ2n) is 37.8. The SMILES string of the molecule is CCCCC(=O)N[C@H]1C[C@@](C)(C(C)=O)NC(=O)[C@H](Cc2c[nH]c3ccccc23)NC(=O)[C@H](CC(=O)O)NC1=O.CN[C@@H](CC(C)C)C(=O)N[C@@H](Cc1ccccc1)C(=O)N[C@@H](C)C(=O)N[C@@H](CSC)C(=O)N[C@@H](CSC)C(=O)O.CSC[C@@H](NC(=O)[C@@H]1CSCCC(=O)N[C@@H](CC(C)C)C(=O)N[C@@H](Cc2c[nH]c3ccccc23)C(=O)N[C@@H](CCC(=O)O)C(=O)N1)C(=O)N[C@H]1C[C@@](C)(C(C)=O)NC(=O)CNC(=O)[C@H]([C@@H](C)O)NC1=O. The van der Waals surface area contributed by atoms with Gasteiger partial charge in [-0.3, -0.25) is 101 Å². The molecular weight excluding hydrogens is 2010 g/mol. The first kappa shape index (κ1) is 124. The number of aromatic nitrogens is 2. The number of aliphatic hydroxyl groups is 1. The molecular formula is C99H142N20O26S4. The Labute approximate surface area is 880 Å². The summed E-state index contributed by atoms with van der Waals surface area (Å²) in [5.74, 6) is -17.1. The summed E-state index contributed by atoms with van der Waals surface area (Å²) in [6, 6.07) is 5.16. The number of aromatic amines is 2. The lowest BCUT2D eigenvalue weighted by Crippen LogP contribution is -2.63. The Hall–Kier alpha value is -13.2. The molecule has 3 aromatic carbocycles. The maximum Gasteiger partial charge on any atom is 0.327 e. The first-order valence-electron chi connectivity index (χ1n) is 48.7. The third-order valence-electron chi connectivity index (χ3n) is 24.5. The van der Waals surface area contributed by atoms with Crippen LogP contribution in [0.5, 0.6) is 0 Å². The minimum absolute atomic E-state index is 0.0283. The van der Waals surface area contributed by atoms with Crippen molar-refractivity contribution < 1.29 is 126 Å². The quantitative estimate of drug-likeness (QED) is 0.0228. The van der Waals surface area contributed by atoms with Crippen molar-refractivity contribution in [2.45, 2.75) is 274 Å². The van der Waals surface area contributed by atoms with Gasteiger partial charge in [-0.25, -0.2) is 4.79 Å². The number of carboxylic acids is 3. The number of amides is 17. The number of nitrogens with one attached hydrogen (secondary N) is 20. The van der Waals surface area contributed by atoms with Crippen LogP contribution in [0, 0.1) is 11.8 Å². The van der Waals surface area contributed by atoms with E-state index in [4.69, 9.17) is 0 Å².